The Morgan fingerprint density at radius 2 is 1.84 bits per heavy atom. The predicted molar refractivity (Wildman–Crippen MR) is 106 cm³/mol. The summed E-state index contributed by atoms with van der Waals surface area (Å²) in [6.45, 7) is 3.09. The molecule has 164 valence electrons. The summed E-state index contributed by atoms with van der Waals surface area (Å²) in [6.07, 6.45) is 0. The number of likely N-dealkylation sites (N-methyl/N-ethyl adjacent to an activating group) is 1. The molecule has 0 spiro atoms. The Morgan fingerprint density at radius 1 is 1.10 bits per heavy atom. The first-order valence-corrected chi connectivity index (χ1v) is 9.67. The number of carbonyl (C=O) groups excluding carboxylic acids is 2. The van der Waals surface area contributed by atoms with Gasteiger partial charge in [-0.15, -0.1) is 0 Å². The van der Waals surface area contributed by atoms with E-state index in [0.29, 0.717) is 6.07 Å². The maximum Gasteiger partial charge on any atom is 0.338 e. The van der Waals surface area contributed by atoms with E-state index in [1.165, 1.54) is 23.1 Å². The third-order valence-electron chi connectivity index (χ3n) is 4.72. The zero-order chi connectivity index (χ0) is 22.5. The van der Waals surface area contributed by atoms with E-state index < -0.39 is 42.1 Å². The van der Waals surface area contributed by atoms with Gasteiger partial charge in [0.2, 0.25) is 0 Å². The van der Waals surface area contributed by atoms with Crippen LogP contribution >= 0.6 is 0 Å². The summed E-state index contributed by atoms with van der Waals surface area (Å²) in [6, 6.07) is 6.77. The van der Waals surface area contributed by atoms with Crippen LogP contribution < -0.4 is 10.1 Å². The van der Waals surface area contributed by atoms with Crippen LogP contribution in [0.2, 0.25) is 0 Å². The molecule has 1 atom stereocenters. The van der Waals surface area contributed by atoms with Crippen LogP contribution in [0.3, 0.4) is 0 Å². The zero-order valence-corrected chi connectivity index (χ0v) is 17.0. The van der Waals surface area contributed by atoms with Crippen molar-refractivity contribution in [2.75, 3.05) is 19.8 Å². The van der Waals surface area contributed by atoms with Crippen LogP contribution in [0.25, 0.3) is 0 Å². The molecule has 0 saturated heterocycles. The molecule has 0 fully saturated rings. The van der Waals surface area contributed by atoms with Crippen molar-refractivity contribution < 1.29 is 32.2 Å². The average Bonchev–Trinajstić information content (AvgIpc) is 2.73. The van der Waals surface area contributed by atoms with Crippen molar-refractivity contribution in [2.45, 2.75) is 19.9 Å². The predicted octanol–water partition coefficient (Wildman–Crippen LogP) is 4.09. The van der Waals surface area contributed by atoms with E-state index in [1.807, 2.05) is 0 Å². The quantitative estimate of drug-likeness (QED) is 0.667. The highest BCUT2D eigenvalue weighted by Gasteiger charge is 2.39. The van der Waals surface area contributed by atoms with Crippen molar-refractivity contribution in [3.05, 3.63) is 76.7 Å². The first kappa shape index (κ1) is 22.2. The molecule has 0 saturated carbocycles. The highest BCUT2D eigenvalue weighted by Crippen LogP contribution is 2.33. The summed E-state index contributed by atoms with van der Waals surface area (Å²) in [5.74, 6) is -3.37. The Hall–Kier alpha value is -3.49. The molecule has 0 aliphatic carbocycles. The lowest BCUT2D eigenvalue weighted by atomic mass is 9.94. The standard InChI is InChI=1S/C22H21F3N2O4/c1-3-27-17(12-31-18-10-9-13(23)11-16(18)25)19(21(28)30-4-2)20(26-22(27)29)14-7-5-6-8-15(14)24/h5-11,20H,3-4,12H2,1-2H3,(H,26,29). The van der Waals surface area contributed by atoms with Crippen LogP contribution in [-0.2, 0) is 9.53 Å². The largest absolute Gasteiger partial charge is 0.484 e. The van der Waals surface area contributed by atoms with Crippen LogP contribution in [0.15, 0.2) is 53.7 Å². The Balaban J connectivity index is 2.09. The maximum atomic E-state index is 14.5. The summed E-state index contributed by atoms with van der Waals surface area (Å²) >= 11 is 0. The van der Waals surface area contributed by atoms with E-state index in [2.05, 4.69) is 5.32 Å². The third kappa shape index (κ3) is 4.65. The molecular formula is C22H21F3N2O4. The van der Waals surface area contributed by atoms with Gasteiger partial charge < -0.3 is 14.8 Å². The number of ether oxygens (including phenoxy) is 2. The molecule has 2 aromatic carbocycles. The average molecular weight is 434 g/mol. The van der Waals surface area contributed by atoms with Crippen molar-refractivity contribution in [3.8, 4) is 5.75 Å². The van der Waals surface area contributed by atoms with Gasteiger partial charge in [0.05, 0.1) is 23.9 Å². The second-order valence-corrected chi connectivity index (χ2v) is 6.59. The number of hydrogen-bond donors (Lipinski definition) is 1. The van der Waals surface area contributed by atoms with Crippen LogP contribution in [0.4, 0.5) is 18.0 Å². The van der Waals surface area contributed by atoms with Crippen molar-refractivity contribution in [2.24, 2.45) is 0 Å². The van der Waals surface area contributed by atoms with Crippen molar-refractivity contribution >= 4 is 12.0 Å². The van der Waals surface area contributed by atoms with Gasteiger partial charge in [0.25, 0.3) is 0 Å². The van der Waals surface area contributed by atoms with Crippen molar-refractivity contribution in [3.63, 3.8) is 0 Å². The first-order chi connectivity index (χ1) is 14.9. The fraction of sp³-hybridized carbons (Fsp3) is 0.273. The lowest BCUT2D eigenvalue weighted by molar-refractivity contribution is -0.139. The SMILES string of the molecule is CCOC(=O)C1=C(COc2ccc(F)cc2F)N(CC)C(=O)NC1c1ccccc1F. The highest BCUT2D eigenvalue weighted by atomic mass is 19.1. The molecular weight excluding hydrogens is 413 g/mol. The molecule has 1 N–H and O–H groups in total. The summed E-state index contributed by atoms with van der Waals surface area (Å²) in [7, 11) is 0. The Bertz CT molecular complexity index is 1030. The fourth-order valence-electron chi connectivity index (χ4n) is 3.32. The number of carbonyl (C=O) groups is 2. The second kappa shape index (κ2) is 9.55. The molecule has 2 amide bonds. The number of hydrogen-bond acceptors (Lipinski definition) is 4. The molecule has 1 aliphatic heterocycles. The molecule has 0 aromatic heterocycles. The Morgan fingerprint density at radius 3 is 2.48 bits per heavy atom. The van der Waals surface area contributed by atoms with Crippen molar-refractivity contribution in [1.82, 2.24) is 10.2 Å². The number of amides is 2. The van der Waals surface area contributed by atoms with Crippen LogP contribution in [-0.4, -0.2) is 36.7 Å². The minimum Gasteiger partial charge on any atom is -0.484 e. The molecule has 31 heavy (non-hydrogen) atoms. The molecule has 1 aliphatic rings. The van der Waals surface area contributed by atoms with Gasteiger partial charge in [-0.3, -0.25) is 4.90 Å². The minimum absolute atomic E-state index is 0.0316. The number of benzene rings is 2. The number of esters is 1. The van der Waals surface area contributed by atoms with Crippen LogP contribution in [0.1, 0.15) is 25.5 Å². The lowest BCUT2D eigenvalue weighted by Crippen LogP contribution is -2.49. The van der Waals surface area contributed by atoms with Crippen molar-refractivity contribution in [1.29, 1.82) is 0 Å². The van der Waals surface area contributed by atoms with E-state index >= 15 is 0 Å². The summed E-state index contributed by atoms with van der Waals surface area (Å²) in [5.41, 5.74) is 0.137. The number of urea groups is 1. The van der Waals surface area contributed by atoms with E-state index in [9.17, 15) is 22.8 Å². The van der Waals surface area contributed by atoms with Gasteiger partial charge in [-0.25, -0.2) is 22.8 Å². The summed E-state index contributed by atoms with van der Waals surface area (Å²) in [4.78, 5) is 26.8. The van der Waals surface area contributed by atoms with Crippen LogP contribution in [0.5, 0.6) is 5.75 Å². The van der Waals surface area contributed by atoms with E-state index in [0.717, 1.165) is 12.1 Å². The molecule has 1 heterocycles. The zero-order valence-electron chi connectivity index (χ0n) is 17.0. The normalized spacial score (nSPS) is 16.2. The van der Waals surface area contributed by atoms with E-state index in [1.54, 1.807) is 19.9 Å². The topological polar surface area (TPSA) is 67.9 Å². The third-order valence-corrected chi connectivity index (χ3v) is 4.72. The number of nitrogens with zero attached hydrogens (tertiary/aromatic N) is 1. The molecule has 6 nitrogen and oxygen atoms in total. The molecule has 9 heteroatoms. The Kier molecular flexibility index (Phi) is 6.84. The van der Waals surface area contributed by atoms with Gasteiger partial charge >= 0.3 is 12.0 Å². The Labute approximate surface area is 177 Å². The van der Waals surface area contributed by atoms with Gasteiger partial charge in [-0.1, -0.05) is 18.2 Å². The summed E-state index contributed by atoms with van der Waals surface area (Å²) in [5, 5.41) is 2.62. The van der Waals surface area contributed by atoms with E-state index in [-0.39, 0.29) is 35.7 Å². The minimum atomic E-state index is -1.13. The molecule has 3 rings (SSSR count). The highest BCUT2D eigenvalue weighted by molar-refractivity contribution is 5.95. The van der Waals surface area contributed by atoms with Gasteiger partial charge in [0, 0.05) is 18.2 Å². The monoisotopic (exact) mass is 434 g/mol. The van der Waals surface area contributed by atoms with Gasteiger partial charge in [-0.05, 0) is 32.0 Å². The smallest absolute Gasteiger partial charge is 0.338 e. The molecule has 0 radical (unpaired) electrons. The molecule has 1 unspecified atom stereocenters. The van der Waals surface area contributed by atoms with Gasteiger partial charge in [0.1, 0.15) is 18.2 Å². The lowest BCUT2D eigenvalue weighted by Gasteiger charge is -2.36. The van der Waals surface area contributed by atoms with Crippen LogP contribution in [0, 0.1) is 17.5 Å². The maximum absolute atomic E-state index is 14.5. The fourth-order valence-corrected chi connectivity index (χ4v) is 3.32. The number of nitrogens with one attached hydrogen (secondary N) is 1. The second-order valence-electron chi connectivity index (χ2n) is 6.59. The number of rotatable bonds is 7. The molecule has 0 bridgehead atoms. The molecule has 2 aromatic rings. The number of halogens is 3. The van der Waals surface area contributed by atoms with Gasteiger partial charge in [-0.2, -0.15) is 0 Å². The van der Waals surface area contributed by atoms with E-state index in [4.69, 9.17) is 9.47 Å². The first-order valence-electron chi connectivity index (χ1n) is 9.67. The summed E-state index contributed by atoms with van der Waals surface area (Å²) < 4.78 is 52.3. The van der Waals surface area contributed by atoms with Gasteiger partial charge in [0.15, 0.2) is 11.6 Å².